The van der Waals surface area contributed by atoms with Gasteiger partial charge in [-0.15, -0.1) is 0 Å². The third-order valence-electron chi connectivity index (χ3n) is 1.38. The summed E-state index contributed by atoms with van der Waals surface area (Å²) in [6.07, 6.45) is 0.672. The van der Waals surface area contributed by atoms with Crippen LogP contribution < -0.4 is 0 Å². The van der Waals surface area contributed by atoms with Gasteiger partial charge in [0.25, 0.3) is 0 Å². The van der Waals surface area contributed by atoms with E-state index in [-0.39, 0.29) is 6.23 Å². The average Bonchev–Trinajstić information content (AvgIpc) is 1.88. The molecule has 0 aliphatic rings. The van der Waals surface area contributed by atoms with Gasteiger partial charge in [0.1, 0.15) is 6.23 Å². The second-order valence-electron chi connectivity index (χ2n) is 2.64. The van der Waals surface area contributed by atoms with Gasteiger partial charge in [-0.05, 0) is 5.92 Å². The molecule has 0 aromatic rings. The Morgan fingerprint density at radius 1 is 1.50 bits per heavy atom. The Bertz CT molecular complexity index is 104. The molecule has 1 atom stereocenters. The Balaban J connectivity index is 3.92. The van der Waals surface area contributed by atoms with E-state index in [0.29, 0.717) is 5.92 Å². The van der Waals surface area contributed by atoms with Gasteiger partial charge in [0.2, 0.25) is 6.41 Å². The van der Waals surface area contributed by atoms with Gasteiger partial charge in [0.15, 0.2) is 0 Å². The van der Waals surface area contributed by atoms with Gasteiger partial charge in [0, 0.05) is 14.2 Å². The fraction of sp³-hybridized carbons (Fsp3) is 0.857. The minimum absolute atomic E-state index is 0.0995. The molecule has 0 heterocycles. The average molecular weight is 145 g/mol. The smallest absolute Gasteiger partial charge is 0.211 e. The summed E-state index contributed by atoms with van der Waals surface area (Å²) < 4.78 is 5.06. The summed E-state index contributed by atoms with van der Waals surface area (Å²) >= 11 is 0. The number of hydrogen-bond acceptors (Lipinski definition) is 2. The molecule has 0 aliphatic carbocycles. The molecule has 10 heavy (non-hydrogen) atoms. The molecule has 60 valence electrons. The van der Waals surface area contributed by atoms with Crippen molar-refractivity contribution in [3.63, 3.8) is 0 Å². The van der Waals surface area contributed by atoms with Crippen molar-refractivity contribution in [1.29, 1.82) is 0 Å². The standard InChI is InChI=1S/C7H15NO2/c1-6(2)7(10-4)8(3)5-9/h5-7H,1-4H3. The maximum absolute atomic E-state index is 10.3. The van der Waals surface area contributed by atoms with E-state index in [4.69, 9.17) is 4.74 Å². The second-order valence-corrected chi connectivity index (χ2v) is 2.64. The van der Waals surface area contributed by atoms with E-state index in [9.17, 15) is 4.79 Å². The molecule has 0 spiro atoms. The Morgan fingerprint density at radius 3 is 2.10 bits per heavy atom. The molecular formula is C7H15NO2. The first-order chi connectivity index (χ1) is 4.63. The first kappa shape index (κ1) is 9.43. The van der Waals surface area contributed by atoms with E-state index in [1.54, 1.807) is 14.2 Å². The highest BCUT2D eigenvalue weighted by molar-refractivity contribution is 5.46. The Labute approximate surface area is 62.0 Å². The molecule has 1 amide bonds. The molecule has 1 unspecified atom stereocenters. The summed E-state index contributed by atoms with van der Waals surface area (Å²) in [5.74, 6) is 0.334. The highest BCUT2D eigenvalue weighted by atomic mass is 16.5. The number of amides is 1. The summed E-state index contributed by atoms with van der Waals surface area (Å²) in [6, 6.07) is 0. The third kappa shape index (κ3) is 2.35. The molecule has 0 fully saturated rings. The van der Waals surface area contributed by atoms with Crippen LogP contribution >= 0.6 is 0 Å². The van der Waals surface area contributed by atoms with Crippen LogP contribution in [0, 0.1) is 5.92 Å². The quantitative estimate of drug-likeness (QED) is 0.430. The van der Waals surface area contributed by atoms with Crippen LogP contribution in [0.3, 0.4) is 0 Å². The van der Waals surface area contributed by atoms with Crippen molar-refractivity contribution in [3.05, 3.63) is 0 Å². The Kier molecular flexibility index (Phi) is 4.03. The zero-order valence-corrected chi connectivity index (χ0v) is 7.00. The van der Waals surface area contributed by atoms with E-state index in [1.807, 2.05) is 13.8 Å². The normalized spacial score (nSPS) is 13.3. The van der Waals surface area contributed by atoms with Gasteiger partial charge in [-0.3, -0.25) is 4.79 Å². The first-order valence-electron chi connectivity index (χ1n) is 3.33. The minimum Gasteiger partial charge on any atom is -0.361 e. The minimum atomic E-state index is -0.0995. The monoisotopic (exact) mass is 145 g/mol. The summed E-state index contributed by atoms with van der Waals surface area (Å²) in [5, 5.41) is 0. The fourth-order valence-electron chi connectivity index (χ4n) is 0.969. The lowest BCUT2D eigenvalue weighted by Crippen LogP contribution is -2.36. The van der Waals surface area contributed by atoms with Crippen LogP contribution in [0.15, 0.2) is 0 Å². The zero-order valence-electron chi connectivity index (χ0n) is 7.00. The van der Waals surface area contributed by atoms with Crippen LogP contribution in [0.2, 0.25) is 0 Å². The van der Waals surface area contributed by atoms with Gasteiger partial charge in [-0.1, -0.05) is 13.8 Å². The molecule has 3 heteroatoms. The number of carbonyl (C=O) groups excluding carboxylic acids is 1. The van der Waals surface area contributed by atoms with Crippen molar-refractivity contribution < 1.29 is 9.53 Å². The van der Waals surface area contributed by atoms with Crippen LogP contribution in [0.25, 0.3) is 0 Å². The number of hydrogen-bond donors (Lipinski definition) is 0. The Morgan fingerprint density at radius 2 is 2.00 bits per heavy atom. The topological polar surface area (TPSA) is 29.5 Å². The molecule has 0 aromatic heterocycles. The van der Waals surface area contributed by atoms with E-state index in [2.05, 4.69) is 0 Å². The zero-order chi connectivity index (χ0) is 8.15. The maximum atomic E-state index is 10.3. The summed E-state index contributed by atoms with van der Waals surface area (Å²) in [5.41, 5.74) is 0. The van der Waals surface area contributed by atoms with Crippen molar-refractivity contribution in [2.75, 3.05) is 14.2 Å². The van der Waals surface area contributed by atoms with Crippen molar-refractivity contribution in [1.82, 2.24) is 4.90 Å². The Hall–Kier alpha value is -0.570. The molecule has 3 nitrogen and oxygen atoms in total. The first-order valence-corrected chi connectivity index (χ1v) is 3.33. The van der Waals surface area contributed by atoms with E-state index < -0.39 is 0 Å². The predicted molar refractivity (Wildman–Crippen MR) is 39.5 cm³/mol. The lowest BCUT2D eigenvalue weighted by atomic mass is 10.2. The number of rotatable bonds is 4. The van der Waals surface area contributed by atoms with Crippen LogP contribution in [0.5, 0.6) is 0 Å². The van der Waals surface area contributed by atoms with E-state index in [1.165, 1.54) is 4.90 Å². The third-order valence-corrected chi connectivity index (χ3v) is 1.38. The maximum Gasteiger partial charge on any atom is 0.211 e. The van der Waals surface area contributed by atoms with Gasteiger partial charge >= 0.3 is 0 Å². The predicted octanol–water partition coefficient (Wildman–Crippen LogP) is 0.703. The largest absolute Gasteiger partial charge is 0.361 e. The van der Waals surface area contributed by atoms with Crippen molar-refractivity contribution in [2.45, 2.75) is 20.1 Å². The van der Waals surface area contributed by atoms with E-state index in [0.717, 1.165) is 6.41 Å². The van der Waals surface area contributed by atoms with Crippen LogP contribution in [-0.4, -0.2) is 31.7 Å². The number of nitrogens with zero attached hydrogens (tertiary/aromatic N) is 1. The molecule has 0 aromatic carbocycles. The van der Waals surface area contributed by atoms with Crippen LogP contribution in [0.4, 0.5) is 0 Å². The SMILES string of the molecule is COC(C(C)C)N(C)C=O. The van der Waals surface area contributed by atoms with Crippen molar-refractivity contribution in [2.24, 2.45) is 5.92 Å². The van der Waals surface area contributed by atoms with Gasteiger partial charge in [-0.25, -0.2) is 0 Å². The molecule has 0 N–H and O–H groups in total. The summed E-state index contributed by atoms with van der Waals surface area (Å²) in [6.45, 7) is 4.02. The molecule has 0 aliphatic heterocycles. The number of ether oxygens (including phenoxy) is 1. The summed E-state index contributed by atoms with van der Waals surface area (Å²) in [7, 11) is 3.31. The molecule has 0 saturated heterocycles. The molecule has 0 radical (unpaired) electrons. The molecule has 0 saturated carbocycles. The highest BCUT2D eigenvalue weighted by Crippen LogP contribution is 2.06. The van der Waals surface area contributed by atoms with Gasteiger partial charge in [0.05, 0.1) is 0 Å². The number of carbonyl (C=O) groups is 1. The van der Waals surface area contributed by atoms with Gasteiger partial charge < -0.3 is 9.64 Å². The molecular weight excluding hydrogens is 130 g/mol. The number of methoxy groups -OCH3 is 1. The highest BCUT2D eigenvalue weighted by Gasteiger charge is 2.15. The second kappa shape index (κ2) is 4.28. The van der Waals surface area contributed by atoms with Crippen LogP contribution in [-0.2, 0) is 9.53 Å². The van der Waals surface area contributed by atoms with Crippen LogP contribution in [0.1, 0.15) is 13.8 Å². The fourth-order valence-corrected chi connectivity index (χ4v) is 0.969. The lowest BCUT2D eigenvalue weighted by Gasteiger charge is -2.25. The lowest BCUT2D eigenvalue weighted by molar-refractivity contribution is -0.130. The molecule has 0 rings (SSSR count). The summed E-state index contributed by atoms with van der Waals surface area (Å²) in [4.78, 5) is 11.8. The van der Waals surface area contributed by atoms with E-state index >= 15 is 0 Å². The van der Waals surface area contributed by atoms with Crippen molar-refractivity contribution >= 4 is 6.41 Å². The van der Waals surface area contributed by atoms with Crippen molar-refractivity contribution in [3.8, 4) is 0 Å². The van der Waals surface area contributed by atoms with Gasteiger partial charge in [-0.2, -0.15) is 0 Å². The molecule has 0 bridgehead atoms.